The number of sulfonamides is 1. The zero-order valence-corrected chi connectivity index (χ0v) is 18.8. The van der Waals surface area contributed by atoms with Gasteiger partial charge in [0.15, 0.2) is 0 Å². The summed E-state index contributed by atoms with van der Waals surface area (Å²) in [4.78, 5) is 23.4. The lowest BCUT2D eigenvalue weighted by atomic mass is 10.2. The van der Waals surface area contributed by atoms with Crippen LogP contribution < -0.4 is 10.2 Å². The van der Waals surface area contributed by atoms with Crippen molar-refractivity contribution in [2.24, 2.45) is 0 Å². The number of nitrogens with one attached hydrogen (secondary N) is 1. The van der Waals surface area contributed by atoms with Crippen LogP contribution in [-0.4, -0.2) is 54.8 Å². The van der Waals surface area contributed by atoms with Crippen molar-refractivity contribution in [3.8, 4) is 0 Å². The number of anilines is 1. The first kappa shape index (κ1) is 21.7. The minimum Gasteiger partial charge on any atom is -0.347 e. The Morgan fingerprint density at radius 2 is 1.71 bits per heavy atom. The van der Waals surface area contributed by atoms with Gasteiger partial charge in [-0.05, 0) is 42.5 Å². The maximum absolute atomic E-state index is 13.0. The van der Waals surface area contributed by atoms with Crippen molar-refractivity contribution in [2.45, 2.75) is 10.8 Å². The average Bonchev–Trinajstić information content (AvgIpc) is 3.29. The van der Waals surface area contributed by atoms with Crippen molar-refractivity contribution < 1.29 is 13.2 Å². The standard InChI is InChI=1S/C20H20ClN5O3S2/c21-16-4-2-15(3-5-16)19(27)24-14-17-6-7-18(30-17)31(28,29)26-12-10-25(11-13-26)20-22-8-1-9-23-20/h1-9H,10-14H2,(H,24,27). The Bertz CT molecular complexity index is 1150. The van der Waals surface area contributed by atoms with Gasteiger partial charge in [-0.15, -0.1) is 11.3 Å². The Morgan fingerprint density at radius 3 is 2.39 bits per heavy atom. The molecule has 1 amide bonds. The summed E-state index contributed by atoms with van der Waals surface area (Å²) in [5, 5.41) is 3.36. The van der Waals surface area contributed by atoms with E-state index in [1.807, 2.05) is 4.90 Å². The lowest BCUT2D eigenvalue weighted by Gasteiger charge is -2.33. The first-order chi connectivity index (χ1) is 14.9. The number of benzene rings is 1. The second kappa shape index (κ2) is 9.31. The molecule has 31 heavy (non-hydrogen) atoms. The van der Waals surface area contributed by atoms with Crippen LogP contribution in [0.4, 0.5) is 5.95 Å². The number of amides is 1. The first-order valence-corrected chi connectivity index (χ1v) is 12.2. The summed E-state index contributed by atoms with van der Waals surface area (Å²) >= 11 is 7.00. The Labute approximate surface area is 189 Å². The molecule has 0 radical (unpaired) electrons. The van der Waals surface area contributed by atoms with E-state index in [1.54, 1.807) is 54.9 Å². The first-order valence-electron chi connectivity index (χ1n) is 9.58. The number of aromatic nitrogens is 2. The van der Waals surface area contributed by atoms with E-state index in [2.05, 4.69) is 15.3 Å². The van der Waals surface area contributed by atoms with Gasteiger partial charge in [0.2, 0.25) is 5.95 Å². The molecule has 0 unspecified atom stereocenters. The topological polar surface area (TPSA) is 95.5 Å². The number of thiophene rings is 1. The summed E-state index contributed by atoms with van der Waals surface area (Å²) < 4.78 is 27.8. The van der Waals surface area contributed by atoms with E-state index in [0.29, 0.717) is 42.7 Å². The fraction of sp³-hybridized carbons (Fsp3) is 0.250. The number of piperazine rings is 1. The zero-order chi connectivity index (χ0) is 21.8. The molecule has 8 nitrogen and oxygen atoms in total. The Morgan fingerprint density at radius 1 is 1.03 bits per heavy atom. The van der Waals surface area contributed by atoms with Gasteiger partial charge < -0.3 is 10.2 Å². The molecule has 1 N–H and O–H groups in total. The van der Waals surface area contributed by atoms with Crippen molar-refractivity contribution in [1.29, 1.82) is 0 Å². The third kappa shape index (κ3) is 5.04. The summed E-state index contributed by atoms with van der Waals surface area (Å²) in [5.41, 5.74) is 0.495. The Hall–Kier alpha value is -2.53. The van der Waals surface area contributed by atoms with Crippen LogP contribution in [0.25, 0.3) is 0 Å². The highest BCUT2D eigenvalue weighted by molar-refractivity contribution is 7.91. The summed E-state index contributed by atoms with van der Waals surface area (Å²) in [6, 6.07) is 11.6. The minimum absolute atomic E-state index is 0.242. The Kier molecular flexibility index (Phi) is 6.51. The molecule has 0 spiro atoms. The quantitative estimate of drug-likeness (QED) is 0.586. The number of hydrogen-bond acceptors (Lipinski definition) is 7. The van der Waals surface area contributed by atoms with Gasteiger partial charge in [0.05, 0.1) is 6.54 Å². The summed E-state index contributed by atoms with van der Waals surface area (Å²) in [7, 11) is -3.59. The maximum atomic E-state index is 13.0. The predicted octanol–water partition coefficient (Wildman–Crippen LogP) is 2.63. The maximum Gasteiger partial charge on any atom is 0.252 e. The van der Waals surface area contributed by atoms with Crippen LogP contribution in [0.15, 0.2) is 59.1 Å². The smallest absolute Gasteiger partial charge is 0.252 e. The van der Waals surface area contributed by atoms with Gasteiger partial charge in [-0.25, -0.2) is 18.4 Å². The molecule has 0 bridgehead atoms. The van der Waals surface area contributed by atoms with Crippen molar-refractivity contribution >= 4 is 44.8 Å². The second-order valence-electron chi connectivity index (χ2n) is 6.85. The summed E-state index contributed by atoms with van der Waals surface area (Å²) in [5.74, 6) is 0.364. The molecule has 2 aromatic heterocycles. The van der Waals surface area contributed by atoms with Crippen LogP contribution in [0.5, 0.6) is 0 Å². The van der Waals surface area contributed by atoms with Crippen molar-refractivity contribution in [1.82, 2.24) is 19.6 Å². The molecule has 0 aliphatic carbocycles. The van der Waals surface area contributed by atoms with Crippen LogP contribution in [0.1, 0.15) is 15.2 Å². The monoisotopic (exact) mass is 477 g/mol. The molecule has 11 heteroatoms. The van der Waals surface area contributed by atoms with E-state index in [0.717, 1.165) is 4.88 Å². The molecule has 162 valence electrons. The Balaban J connectivity index is 1.35. The van der Waals surface area contributed by atoms with Gasteiger partial charge in [-0.3, -0.25) is 4.79 Å². The molecular formula is C20H20ClN5O3S2. The number of nitrogens with zero attached hydrogens (tertiary/aromatic N) is 4. The molecule has 0 saturated carbocycles. The number of halogens is 1. The van der Waals surface area contributed by atoms with Crippen molar-refractivity contribution in [3.63, 3.8) is 0 Å². The van der Waals surface area contributed by atoms with E-state index in [1.165, 1.54) is 15.6 Å². The van der Waals surface area contributed by atoms with E-state index in [4.69, 9.17) is 11.6 Å². The van der Waals surface area contributed by atoms with E-state index < -0.39 is 10.0 Å². The molecule has 1 fully saturated rings. The third-order valence-electron chi connectivity index (χ3n) is 4.83. The van der Waals surface area contributed by atoms with Crippen LogP contribution >= 0.6 is 22.9 Å². The predicted molar refractivity (Wildman–Crippen MR) is 120 cm³/mol. The molecule has 4 rings (SSSR count). The van der Waals surface area contributed by atoms with E-state index >= 15 is 0 Å². The largest absolute Gasteiger partial charge is 0.347 e. The number of hydrogen-bond donors (Lipinski definition) is 1. The number of carbonyl (C=O) groups is 1. The highest BCUT2D eigenvalue weighted by atomic mass is 35.5. The normalized spacial score (nSPS) is 15.1. The molecule has 0 atom stereocenters. The fourth-order valence-corrected chi connectivity index (χ4v) is 6.17. The van der Waals surface area contributed by atoms with Gasteiger partial charge >= 0.3 is 0 Å². The molecule has 1 saturated heterocycles. The molecular weight excluding hydrogens is 458 g/mol. The average molecular weight is 478 g/mol. The third-order valence-corrected chi connectivity index (χ3v) is 8.54. The van der Waals surface area contributed by atoms with Crippen LogP contribution in [0.3, 0.4) is 0 Å². The van der Waals surface area contributed by atoms with E-state index in [-0.39, 0.29) is 16.7 Å². The van der Waals surface area contributed by atoms with Crippen LogP contribution in [-0.2, 0) is 16.6 Å². The van der Waals surface area contributed by atoms with Crippen molar-refractivity contribution in [3.05, 3.63) is 70.3 Å². The summed E-state index contributed by atoms with van der Waals surface area (Å²) in [6.07, 6.45) is 3.34. The molecule has 1 aliphatic heterocycles. The molecule has 3 aromatic rings. The highest BCUT2D eigenvalue weighted by Gasteiger charge is 2.30. The number of carbonyl (C=O) groups excluding carboxylic acids is 1. The zero-order valence-electron chi connectivity index (χ0n) is 16.4. The van der Waals surface area contributed by atoms with Gasteiger partial charge in [-0.2, -0.15) is 4.31 Å². The van der Waals surface area contributed by atoms with Gasteiger partial charge in [-0.1, -0.05) is 11.6 Å². The number of rotatable bonds is 6. The molecule has 3 heterocycles. The van der Waals surface area contributed by atoms with Crippen molar-refractivity contribution in [2.75, 3.05) is 31.1 Å². The second-order valence-corrected chi connectivity index (χ2v) is 10.6. The highest BCUT2D eigenvalue weighted by Crippen LogP contribution is 2.26. The minimum atomic E-state index is -3.59. The van der Waals surface area contributed by atoms with Gasteiger partial charge in [0.1, 0.15) is 4.21 Å². The SMILES string of the molecule is O=C(NCc1ccc(S(=O)(=O)N2CCN(c3ncccn3)CC2)s1)c1ccc(Cl)cc1. The lowest BCUT2D eigenvalue weighted by Crippen LogP contribution is -2.49. The van der Waals surface area contributed by atoms with Gasteiger partial charge in [0, 0.05) is 54.0 Å². The lowest BCUT2D eigenvalue weighted by molar-refractivity contribution is 0.0951. The summed E-state index contributed by atoms with van der Waals surface area (Å²) in [6.45, 7) is 2.03. The van der Waals surface area contributed by atoms with Crippen LogP contribution in [0.2, 0.25) is 5.02 Å². The van der Waals surface area contributed by atoms with Gasteiger partial charge in [0.25, 0.3) is 15.9 Å². The van der Waals surface area contributed by atoms with Crippen LogP contribution in [0, 0.1) is 0 Å². The fourth-order valence-electron chi connectivity index (χ4n) is 3.17. The van der Waals surface area contributed by atoms with E-state index in [9.17, 15) is 13.2 Å². The molecule has 1 aromatic carbocycles. The molecule has 1 aliphatic rings.